The third-order valence-corrected chi connectivity index (χ3v) is 4.01. The molecule has 1 N–H and O–H groups in total. The van der Waals surface area contributed by atoms with Gasteiger partial charge >= 0.3 is 0 Å². The molecule has 3 nitrogen and oxygen atoms in total. The van der Waals surface area contributed by atoms with E-state index in [1.165, 1.54) is 5.56 Å². The van der Waals surface area contributed by atoms with E-state index in [1.807, 2.05) is 76.2 Å². The summed E-state index contributed by atoms with van der Waals surface area (Å²) in [7, 11) is 1.00. The topological polar surface area (TPSA) is 54.4 Å². The fourth-order valence-electron chi connectivity index (χ4n) is 2.87. The smallest absolute Gasteiger partial charge is 0.166 e. The first-order chi connectivity index (χ1) is 12.8. The predicted molar refractivity (Wildman–Crippen MR) is 109 cm³/mol. The number of ketones is 1. The molecule has 3 rings (SSSR count). The summed E-state index contributed by atoms with van der Waals surface area (Å²) in [5.74, 6) is 0.318. The van der Waals surface area contributed by atoms with Crippen LogP contribution in [0.3, 0.4) is 0 Å². The van der Waals surface area contributed by atoms with Crippen LogP contribution in [0, 0.1) is 5.92 Å². The number of carbonyl (C=O) groups is 2. The van der Waals surface area contributed by atoms with Crippen LogP contribution in [0.5, 0.6) is 0 Å². The minimum absolute atomic E-state index is 0.0620. The summed E-state index contributed by atoms with van der Waals surface area (Å²) in [5.41, 5.74) is 3.85. The Kier molecular flexibility index (Phi) is 12.8. The first-order valence-corrected chi connectivity index (χ1v) is 9.39. The van der Waals surface area contributed by atoms with Gasteiger partial charge in [0.25, 0.3) is 0 Å². The number of carbonyl (C=O) groups excluding carboxylic acids is 2. The first-order valence-electron chi connectivity index (χ1n) is 9.39. The largest absolute Gasteiger partial charge is 0.400 e. The van der Waals surface area contributed by atoms with Gasteiger partial charge in [-0.25, -0.2) is 0 Å². The Balaban J connectivity index is 0.000000948. The average molecular weight is 357 g/mol. The summed E-state index contributed by atoms with van der Waals surface area (Å²) in [5, 5.41) is 7.00. The van der Waals surface area contributed by atoms with Crippen LogP contribution in [0.15, 0.2) is 48.5 Å². The van der Waals surface area contributed by atoms with E-state index in [0.29, 0.717) is 5.56 Å². The molecule has 142 valence electrons. The van der Waals surface area contributed by atoms with Crippen LogP contribution in [0.25, 0.3) is 0 Å². The highest BCUT2D eigenvalue weighted by Crippen LogP contribution is 2.27. The Hall–Kier alpha value is -2.26. The SMILES string of the molecule is CC.CC.CO.O=Cc1ccc(CC2CCc3ccccc3C2=O)cc1. The summed E-state index contributed by atoms with van der Waals surface area (Å²) in [4.78, 5) is 23.1. The minimum Gasteiger partial charge on any atom is -0.400 e. The molecule has 2 aromatic carbocycles. The molecule has 26 heavy (non-hydrogen) atoms. The van der Waals surface area contributed by atoms with Gasteiger partial charge in [0, 0.05) is 24.2 Å². The number of rotatable bonds is 3. The summed E-state index contributed by atoms with van der Waals surface area (Å²) in [6, 6.07) is 15.4. The van der Waals surface area contributed by atoms with Crippen molar-refractivity contribution in [2.24, 2.45) is 5.92 Å². The number of hydrogen-bond acceptors (Lipinski definition) is 3. The number of aliphatic hydroxyl groups excluding tert-OH is 1. The molecule has 1 aliphatic rings. The van der Waals surface area contributed by atoms with Crippen LogP contribution in [0.1, 0.15) is 66.0 Å². The molecule has 0 aromatic heterocycles. The summed E-state index contributed by atoms with van der Waals surface area (Å²) >= 11 is 0. The molecule has 0 spiro atoms. The Morgan fingerprint density at radius 2 is 1.54 bits per heavy atom. The van der Waals surface area contributed by atoms with Crippen molar-refractivity contribution in [3.05, 3.63) is 70.8 Å². The standard InChI is InChI=1S/C18H16O2.2C2H6.CH4O/c19-12-14-7-5-13(6-8-14)11-16-10-9-15-3-1-2-4-17(15)18(16)20;3*1-2/h1-8,12,16H,9-11H2;2*1-2H3;2H,1H3. The van der Waals surface area contributed by atoms with E-state index < -0.39 is 0 Å². The van der Waals surface area contributed by atoms with Gasteiger partial charge in [-0.05, 0) is 30.4 Å². The van der Waals surface area contributed by atoms with Crippen molar-refractivity contribution in [3.8, 4) is 0 Å². The molecule has 0 heterocycles. The van der Waals surface area contributed by atoms with Crippen molar-refractivity contribution in [2.45, 2.75) is 47.0 Å². The maximum atomic E-state index is 12.5. The van der Waals surface area contributed by atoms with Crippen molar-refractivity contribution < 1.29 is 14.7 Å². The van der Waals surface area contributed by atoms with Crippen LogP contribution >= 0.6 is 0 Å². The van der Waals surface area contributed by atoms with E-state index >= 15 is 0 Å². The normalized spacial score (nSPS) is 14.2. The van der Waals surface area contributed by atoms with Crippen LogP contribution in [0.4, 0.5) is 0 Å². The second-order valence-corrected chi connectivity index (χ2v) is 5.32. The first kappa shape index (κ1) is 23.7. The number of benzene rings is 2. The molecule has 0 saturated heterocycles. The Labute approximate surface area is 158 Å². The van der Waals surface area contributed by atoms with Crippen LogP contribution in [-0.4, -0.2) is 24.3 Å². The predicted octanol–water partition coefficient (Wildman–Crippen LogP) is 5.15. The zero-order valence-electron chi connectivity index (χ0n) is 16.7. The lowest BCUT2D eigenvalue weighted by atomic mass is 9.80. The van der Waals surface area contributed by atoms with Gasteiger partial charge in [0.05, 0.1) is 0 Å². The lowest BCUT2D eigenvalue weighted by Crippen LogP contribution is -2.24. The quantitative estimate of drug-likeness (QED) is 0.774. The lowest BCUT2D eigenvalue weighted by Gasteiger charge is -2.23. The minimum atomic E-state index is 0.0620. The van der Waals surface area contributed by atoms with Crippen LogP contribution in [0.2, 0.25) is 0 Å². The maximum Gasteiger partial charge on any atom is 0.166 e. The second kappa shape index (κ2) is 14.0. The maximum absolute atomic E-state index is 12.5. The molecule has 0 fully saturated rings. The number of Topliss-reactive ketones (excluding diaryl/α,β-unsaturated/α-hetero) is 1. The average Bonchev–Trinajstić information content (AvgIpc) is 2.75. The van der Waals surface area contributed by atoms with E-state index in [1.54, 1.807) is 0 Å². The van der Waals surface area contributed by atoms with Crippen molar-refractivity contribution in [1.29, 1.82) is 0 Å². The van der Waals surface area contributed by atoms with Crippen molar-refractivity contribution >= 4 is 12.1 Å². The molecule has 0 radical (unpaired) electrons. The molecule has 0 saturated carbocycles. The Morgan fingerprint density at radius 1 is 0.962 bits per heavy atom. The molecule has 0 bridgehead atoms. The van der Waals surface area contributed by atoms with Crippen LogP contribution in [-0.2, 0) is 12.8 Å². The molecule has 1 unspecified atom stereocenters. The molecular weight excluding hydrogens is 324 g/mol. The third-order valence-electron chi connectivity index (χ3n) is 4.01. The van der Waals surface area contributed by atoms with Gasteiger partial charge in [-0.3, -0.25) is 9.59 Å². The summed E-state index contributed by atoms with van der Waals surface area (Å²) in [6.07, 6.45) is 3.47. The number of fused-ring (bicyclic) bond motifs is 1. The van der Waals surface area contributed by atoms with E-state index in [0.717, 1.165) is 43.8 Å². The molecule has 3 heteroatoms. The lowest BCUT2D eigenvalue weighted by molar-refractivity contribution is 0.0901. The van der Waals surface area contributed by atoms with Gasteiger partial charge in [0.2, 0.25) is 0 Å². The van der Waals surface area contributed by atoms with E-state index in [2.05, 4.69) is 0 Å². The van der Waals surface area contributed by atoms with Gasteiger partial charge in [0.1, 0.15) is 6.29 Å². The zero-order valence-corrected chi connectivity index (χ0v) is 16.7. The highest BCUT2D eigenvalue weighted by atomic mass is 16.2. The fraction of sp³-hybridized carbons (Fsp3) is 0.391. The number of aliphatic hydroxyl groups is 1. The van der Waals surface area contributed by atoms with Gasteiger partial charge < -0.3 is 5.11 Å². The molecule has 1 aliphatic carbocycles. The highest BCUT2D eigenvalue weighted by Gasteiger charge is 2.26. The number of aryl methyl sites for hydroxylation is 1. The molecule has 2 aromatic rings. The zero-order chi connectivity index (χ0) is 19.9. The number of aldehydes is 1. The van der Waals surface area contributed by atoms with Gasteiger partial charge in [-0.15, -0.1) is 0 Å². The molecular formula is C23H32O3. The summed E-state index contributed by atoms with van der Waals surface area (Å²) in [6.45, 7) is 8.00. The molecule has 1 atom stereocenters. The van der Waals surface area contributed by atoms with Gasteiger partial charge in [0.15, 0.2) is 5.78 Å². The van der Waals surface area contributed by atoms with Crippen LogP contribution < -0.4 is 0 Å². The fourth-order valence-corrected chi connectivity index (χ4v) is 2.87. The summed E-state index contributed by atoms with van der Waals surface area (Å²) < 4.78 is 0. The van der Waals surface area contributed by atoms with E-state index in [-0.39, 0.29) is 11.7 Å². The highest BCUT2D eigenvalue weighted by molar-refractivity contribution is 6.00. The molecule has 0 aliphatic heterocycles. The second-order valence-electron chi connectivity index (χ2n) is 5.32. The monoisotopic (exact) mass is 356 g/mol. The van der Waals surface area contributed by atoms with E-state index in [9.17, 15) is 9.59 Å². The van der Waals surface area contributed by atoms with Crippen molar-refractivity contribution in [2.75, 3.05) is 7.11 Å². The Bertz CT molecular complexity index is 645. The van der Waals surface area contributed by atoms with Gasteiger partial charge in [-0.2, -0.15) is 0 Å². The molecule has 0 amide bonds. The number of hydrogen-bond donors (Lipinski definition) is 1. The third kappa shape index (κ3) is 6.57. The van der Waals surface area contributed by atoms with E-state index in [4.69, 9.17) is 5.11 Å². The van der Waals surface area contributed by atoms with Gasteiger partial charge in [-0.1, -0.05) is 76.2 Å². The Morgan fingerprint density at radius 3 is 2.12 bits per heavy atom. The van der Waals surface area contributed by atoms with Crippen molar-refractivity contribution in [3.63, 3.8) is 0 Å². The van der Waals surface area contributed by atoms with Crippen molar-refractivity contribution in [1.82, 2.24) is 0 Å².